The normalized spacial score (nSPS) is 12.9. The van der Waals surface area contributed by atoms with E-state index >= 15 is 0 Å². The van der Waals surface area contributed by atoms with Gasteiger partial charge in [-0.3, -0.25) is 16.0 Å². The van der Waals surface area contributed by atoms with Crippen LogP contribution in [0.25, 0.3) is 0 Å². The van der Waals surface area contributed by atoms with Crippen LogP contribution in [0, 0.1) is 6.92 Å². The molecule has 0 saturated carbocycles. The van der Waals surface area contributed by atoms with Crippen molar-refractivity contribution in [2.45, 2.75) is 19.4 Å². The minimum Gasteiger partial charge on any atom is -0.271 e. The molecule has 17 heavy (non-hydrogen) atoms. The first-order chi connectivity index (χ1) is 8.13. The molecule has 0 amide bonds. The maximum absolute atomic E-state index is 6.19. The van der Waals surface area contributed by atoms with Crippen LogP contribution in [0.5, 0.6) is 0 Å². The van der Waals surface area contributed by atoms with Crippen molar-refractivity contribution in [3.05, 3.63) is 28.3 Å². The average Bonchev–Trinajstić information content (AvgIpc) is 2.89. The van der Waals surface area contributed by atoms with E-state index in [1.807, 2.05) is 14.0 Å². The highest BCUT2D eigenvalue weighted by Gasteiger charge is 2.19. The topological polar surface area (TPSA) is 81.7 Å². The van der Waals surface area contributed by atoms with Crippen LogP contribution < -0.4 is 11.3 Å². The molecule has 2 rings (SSSR count). The predicted molar refractivity (Wildman–Crippen MR) is 66.6 cm³/mol. The van der Waals surface area contributed by atoms with Gasteiger partial charge in [-0.25, -0.2) is 0 Å². The fraction of sp³-hybridized carbons (Fsp3) is 0.444. The quantitative estimate of drug-likeness (QED) is 0.641. The van der Waals surface area contributed by atoms with Gasteiger partial charge in [0.15, 0.2) is 0 Å². The summed E-state index contributed by atoms with van der Waals surface area (Å²) in [6.07, 6.45) is 2.32. The molecular formula is C9H13ClN6S. The SMILES string of the molecule is Cc1nn(C)c(CC(NN)c2cnsn2)c1Cl. The Kier molecular flexibility index (Phi) is 3.72. The number of aromatic nitrogens is 4. The summed E-state index contributed by atoms with van der Waals surface area (Å²) in [4.78, 5) is 0. The lowest BCUT2D eigenvalue weighted by atomic mass is 10.1. The molecule has 0 radical (unpaired) electrons. The van der Waals surface area contributed by atoms with Crippen LogP contribution >= 0.6 is 23.3 Å². The molecule has 0 aliphatic carbocycles. The summed E-state index contributed by atoms with van der Waals surface area (Å²) >= 11 is 7.35. The van der Waals surface area contributed by atoms with Gasteiger partial charge < -0.3 is 0 Å². The number of hydrogen-bond acceptors (Lipinski definition) is 6. The number of hydrogen-bond donors (Lipinski definition) is 2. The summed E-state index contributed by atoms with van der Waals surface area (Å²) in [7, 11) is 1.86. The molecule has 0 bridgehead atoms. The van der Waals surface area contributed by atoms with Crippen molar-refractivity contribution in [1.29, 1.82) is 0 Å². The first kappa shape index (κ1) is 12.4. The van der Waals surface area contributed by atoms with Gasteiger partial charge in [0, 0.05) is 13.5 Å². The van der Waals surface area contributed by atoms with Crippen LogP contribution in [0.3, 0.4) is 0 Å². The first-order valence-corrected chi connectivity index (χ1v) is 6.16. The number of hydrazine groups is 1. The van der Waals surface area contributed by atoms with Crippen molar-refractivity contribution in [3.63, 3.8) is 0 Å². The van der Waals surface area contributed by atoms with Crippen molar-refractivity contribution < 1.29 is 0 Å². The number of halogens is 1. The van der Waals surface area contributed by atoms with Gasteiger partial charge in [-0.05, 0) is 6.92 Å². The zero-order chi connectivity index (χ0) is 12.4. The Morgan fingerprint density at radius 3 is 2.88 bits per heavy atom. The van der Waals surface area contributed by atoms with Crippen LogP contribution in [-0.4, -0.2) is 18.5 Å². The average molecular weight is 273 g/mol. The van der Waals surface area contributed by atoms with E-state index in [0.717, 1.165) is 28.8 Å². The number of rotatable bonds is 4. The summed E-state index contributed by atoms with van der Waals surface area (Å²) in [5, 5.41) is 4.94. The van der Waals surface area contributed by atoms with Crippen molar-refractivity contribution in [2.75, 3.05) is 0 Å². The van der Waals surface area contributed by atoms with Crippen LogP contribution in [0.15, 0.2) is 6.20 Å². The molecule has 3 N–H and O–H groups in total. The fourth-order valence-electron chi connectivity index (χ4n) is 1.67. The molecule has 0 aliphatic rings. The van der Waals surface area contributed by atoms with Gasteiger partial charge in [0.05, 0.1) is 46.1 Å². The molecule has 0 spiro atoms. The maximum atomic E-state index is 6.19. The largest absolute Gasteiger partial charge is 0.271 e. The highest BCUT2D eigenvalue weighted by Crippen LogP contribution is 2.24. The summed E-state index contributed by atoms with van der Waals surface area (Å²) in [6, 6.07) is -0.110. The lowest BCUT2D eigenvalue weighted by Crippen LogP contribution is -2.30. The number of nitrogens with two attached hydrogens (primary N) is 1. The Morgan fingerprint density at radius 2 is 2.41 bits per heavy atom. The van der Waals surface area contributed by atoms with E-state index in [2.05, 4.69) is 19.3 Å². The van der Waals surface area contributed by atoms with E-state index in [1.165, 1.54) is 0 Å². The molecular weight excluding hydrogens is 260 g/mol. The Labute approximate surface area is 108 Å². The summed E-state index contributed by atoms with van der Waals surface area (Å²) in [5.41, 5.74) is 5.28. The minimum absolute atomic E-state index is 0.110. The lowest BCUT2D eigenvalue weighted by molar-refractivity contribution is 0.521. The van der Waals surface area contributed by atoms with Gasteiger partial charge in [-0.1, -0.05) is 11.6 Å². The van der Waals surface area contributed by atoms with E-state index in [9.17, 15) is 0 Å². The summed E-state index contributed by atoms with van der Waals surface area (Å²) in [6.45, 7) is 1.88. The molecule has 0 aromatic carbocycles. The molecule has 1 atom stereocenters. The Bertz CT molecular complexity index is 494. The summed E-state index contributed by atoms with van der Waals surface area (Å²) < 4.78 is 9.89. The standard InChI is InChI=1S/C9H13ClN6S/c1-5-9(10)8(16(2)14-5)3-6(13-11)7-4-12-17-15-7/h4,6,13H,3,11H2,1-2H3. The Balaban J connectivity index is 2.24. The van der Waals surface area contributed by atoms with Crippen LogP contribution in [0.4, 0.5) is 0 Å². The van der Waals surface area contributed by atoms with Gasteiger partial charge in [0.2, 0.25) is 0 Å². The number of nitrogens with zero attached hydrogens (tertiary/aromatic N) is 4. The van der Waals surface area contributed by atoms with Crippen LogP contribution in [0.2, 0.25) is 5.02 Å². The van der Waals surface area contributed by atoms with Gasteiger partial charge >= 0.3 is 0 Å². The second kappa shape index (κ2) is 5.09. The third kappa shape index (κ3) is 2.47. The van der Waals surface area contributed by atoms with Crippen molar-refractivity contribution in [1.82, 2.24) is 24.0 Å². The first-order valence-electron chi connectivity index (χ1n) is 5.05. The predicted octanol–water partition coefficient (Wildman–Crippen LogP) is 0.981. The van der Waals surface area contributed by atoms with Gasteiger partial charge in [0.25, 0.3) is 0 Å². The third-order valence-electron chi connectivity index (χ3n) is 2.60. The minimum atomic E-state index is -0.110. The molecule has 1 unspecified atom stereocenters. The molecule has 0 aliphatic heterocycles. The molecule has 2 heterocycles. The second-order valence-corrected chi connectivity index (χ2v) is 4.66. The van der Waals surface area contributed by atoms with Crippen molar-refractivity contribution >= 4 is 23.3 Å². The fourth-order valence-corrected chi connectivity index (χ4v) is 2.38. The molecule has 92 valence electrons. The zero-order valence-corrected chi connectivity index (χ0v) is 11.1. The molecule has 0 saturated heterocycles. The van der Waals surface area contributed by atoms with Gasteiger partial charge in [-0.2, -0.15) is 13.8 Å². The zero-order valence-electron chi connectivity index (χ0n) is 9.51. The molecule has 2 aromatic heterocycles. The van der Waals surface area contributed by atoms with Crippen LogP contribution in [-0.2, 0) is 13.5 Å². The smallest absolute Gasteiger partial charge is 0.0929 e. The number of nitrogens with one attached hydrogen (secondary N) is 1. The Hall–Kier alpha value is -1.02. The third-order valence-corrected chi connectivity index (χ3v) is 3.58. The highest BCUT2D eigenvalue weighted by atomic mass is 35.5. The maximum Gasteiger partial charge on any atom is 0.0929 e. The molecule has 8 heteroatoms. The van der Waals surface area contributed by atoms with Gasteiger partial charge in [-0.15, -0.1) is 0 Å². The highest BCUT2D eigenvalue weighted by molar-refractivity contribution is 6.99. The van der Waals surface area contributed by atoms with Crippen LogP contribution in [0.1, 0.15) is 23.1 Å². The van der Waals surface area contributed by atoms with Crippen molar-refractivity contribution in [3.8, 4) is 0 Å². The summed E-state index contributed by atoms with van der Waals surface area (Å²) in [5.74, 6) is 5.53. The van der Waals surface area contributed by atoms with E-state index < -0.39 is 0 Å². The van der Waals surface area contributed by atoms with E-state index in [1.54, 1.807) is 10.9 Å². The monoisotopic (exact) mass is 272 g/mol. The lowest BCUT2D eigenvalue weighted by Gasteiger charge is -2.13. The molecule has 6 nitrogen and oxygen atoms in total. The number of aryl methyl sites for hydroxylation is 2. The van der Waals surface area contributed by atoms with E-state index in [-0.39, 0.29) is 6.04 Å². The van der Waals surface area contributed by atoms with Gasteiger partial charge in [0.1, 0.15) is 0 Å². The second-order valence-electron chi connectivity index (χ2n) is 3.73. The van der Waals surface area contributed by atoms with E-state index in [4.69, 9.17) is 17.4 Å². The molecule has 0 fully saturated rings. The molecule has 2 aromatic rings. The Morgan fingerprint density at radius 1 is 1.65 bits per heavy atom. The van der Waals surface area contributed by atoms with E-state index in [0.29, 0.717) is 11.4 Å². The van der Waals surface area contributed by atoms with Crippen molar-refractivity contribution in [2.24, 2.45) is 12.9 Å².